The van der Waals surface area contributed by atoms with E-state index in [1.165, 1.54) is 11.3 Å². The number of nitrogens with zero attached hydrogens (tertiary/aromatic N) is 3. The Labute approximate surface area is 193 Å². The lowest BCUT2D eigenvalue weighted by atomic mass is 9.88. The van der Waals surface area contributed by atoms with E-state index < -0.39 is 0 Å². The Morgan fingerprint density at radius 1 is 0.969 bits per heavy atom. The summed E-state index contributed by atoms with van der Waals surface area (Å²) in [6.45, 7) is 12.9. The molecule has 1 amide bonds. The van der Waals surface area contributed by atoms with Crippen LogP contribution in [-0.4, -0.2) is 68.6 Å². The maximum atomic E-state index is 13.1. The third-order valence-electron chi connectivity index (χ3n) is 6.88. The number of para-hydroxylation sites is 1. The summed E-state index contributed by atoms with van der Waals surface area (Å²) in [5.74, 6) is 1.90. The van der Waals surface area contributed by atoms with Gasteiger partial charge in [0.1, 0.15) is 5.75 Å². The van der Waals surface area contributed by atoms with E-state index in [0.29, 0.717) is 11.8 Å². The Kier molecular flexibility index (Phi) is 6.75. The number of piperazine rings is 1. The molecule has 0 aromatic heterocycles. The highest BCUT2D eigenvalue weighted by Crippen LogP contribution is 2.36. The van der Waals surface area contributed by atoms with Gasteiger partial charge in [-0.05, 0) is 35.7 Å². The Morgan fingerprint density at radius 2 is 1.69 bits per heavy atom. The van der Waals surface area contributed by atoms with Gasteiger partial charge in [0.05, 0.1) is 7.11 Å². The number of rotatable bonds is 5. The Balaban J connectivity index is 1.46. The summed E-state index contributed by atoms with van der Waals surface area (Å²) in [4.78, 5) is 20.2. The molecule has 2 unspecified atom stereocenters. The molecule has 2 aliphatic rings. The third-order valence-corrected chi connectivity index (χ3v) is 6.88. The third kappa shape index (κ3) is 5.09. The van der Waals surface area contributed by atoms with Gasteiger partial charge < -0.3 is 14.5 Å². The topological polar surface area (TPSA) is 36.0 Å². The molecule has 0 spiro atoms. The predicted octanol–water partition coefficient (Wildman–Crippen LogP) is 4.11. The summed E-state index contributed by atoms with van der Waals surface area (Å²) in [5.41, 5.74) is 2.24. The highest BCUT2D eigenvalue weighted by Gasteiger charge is 2.40. The summed E-state index contributed by atoms with van der Waals surface area (Å²) in [7, 11) is 1.72. The van der Waals surface area contributed by atoms with E-state index in [0.717, 1.165) is 51.6 Å². The highest BCUT2D eigenvalue weighted by molar-refractivity contribution is 5.82. The number of likely N-dealkylation sites (tertiary alicyclic amines) is 1. The van der Waals surface area contributed by atoms with Crippen LogP contribution in [0.25, 0.3) is 0 Å². The number of carbonyl (C=O) groups excluding carboxylic acids is 1. The fourth-order valence-corrected chi connectivity index (χ4v) is 5.11. The zero-order valence-corrected chi connectivity index (χ0v) is 20.0. The molecule has 2 heterocycles. The van der Waals surface area contributed by atoms with E-state index in [-0.39, 0.29) is 11.3 Å². The molecule has 32 heavy (non-hydrogen) atoms. The van der Waals surface area contributed by atoms with E-state index >= 15 is 0 Å². The molecule has 0 aliphatic carbocycles. The molecule has 2 aromatic rings. The summed E-state index contributed by atoms with van der Waals surface area (Å²) >= 11 is 0. The van der Waals surface area contributed by atoms with E-state index in [1.54, 1.807) is 7.11 Å². The highest BCUT2D eigenvalue weighted by atomic mass is 16.5. The smallest absolute Gasteiger partial charge is 0.227 e. The molecule has 0 radical (unpaired) electrons. The first-order valence-corrected chi connectivity index (χ1v) is 11.8. The van der Waals surface area contributed by atoms with Gasteiger partial charge in [-0.25, -0.2) is 0 Å². The number of benzene rings is 2. The zero-order valence-electron chi connectivity index (χ0n) is 20.0. The number of hydrogen-bond donors (Lipinski definition) is 0. The average Bonchev–Trinajstić information content (AvgIpc) is 3.22. The van der Waals surface area contributed by atoms with Crippen molar-refractivity contribution in [3.63, 3.8) is 0 Å². The van der Waals surface area contributed by atoms with Gasteiger partial charge in [-0.3, -0.25) is 9.69 Å². The lowest BCUT2D eigenvalue weighted by Gasteiger charge is -2.38. The Morgan fingerprint density at radius 3 is 2.34 bits per heavy atom. The van der Waals surface area contributed by atoms with Gasteiger partial charge in [0.25, 0.3) is 0 Å². The van der Waals surface area contributed by atoms with Crippen LogP contribution in [0, 0.1) is 11.3 Å². The number of methoxy groups -OCH3 is 1. The molecule has 172 valence electrons. The van der Waals surface area contributed by atoms with Gasteiger partial charge in [-0.15, -0.1) is 0 Å². The van der Waals surface area contributed by atoms with Gasteiger partial charge in [0.2, 0.25) is 5.91 Å². The van der Waals surface area contributed by atoms with Crippen molar-refractivity contribution in [1.82, 2.24) is 9.80 Å². The van der Waals surface area contributed by atoms with Gasteiger partial charge in [0, 0.05) is 62.8 Å². The summed E-state index contributed by atoms with van der Waals surface area (Å²) in [6, 6.07) is 19.1. The molecular formula is C27H37N3O2. The standard InChI is InChI=1S/C27H37N3O2/c1-27(2,3)26(31)30-19-22(25(20-30)21-9-8-12-24(17-21)32-4)18-28-13-15-29(16-14-28)23-10-6-5-7-11-23/h5-12,17,22,25H,13-16,18-20H2,1-4H3. The summed E-state index contributed by atoms with van der Waals surface area (Å²) < 4.78 is 5.49. The van der Waals surface area contributed by atoms with Gasteiger partial charge in [0.15, 0.2) is 0 Å². The second-order valence-electron chi connectivity index (χ2n) is 10.2. The normalized spacial score (nSPS) is 22.2. The quantitative estimate of drug-likeness (QED) is 0.708. The van der Waals surface area contributed by atoms with Crippen LogP contribution in [0.1, 0.15) is 32.3 Å². The van der Waals surface area contributed by atoms with Gasteiger partial charge in [-0.1, -0.05) is 51.1 Å². The predicted molar refractivity (Wildman–Crippen MR) is 130 cm³/mol. The number of carbonyl (C=O) groups is 1. The Hall–Kier alpha value is -2.53. The van der Waals surface area contributed by atoms with Gasteiger partial charge in [-0.2, -0.15) is 0 Å². The first kappa shape index (κ1) is 22.7. The molecule has 2 aromatic carbocycles. The van der Waals surface area contributed by atoms with Crippen LogP contribution in [-0.2, 0) is 4.79 Å². The maximum absolute atomic E-state index is 13.1. The van der Waals surface area contributed by atoms with Crippen molar-refractivity contribution >= 4 is 11.6 Å². The van der Waals surface area contributed by atoms with E-state index in [2.05, 4.69) is 63.2 Å². The van der Waals surface area contributed by atoms with Crippen molar-refractivity contribution in [3.05, 3.63) is 60.2 Å². The van der Waals surface area contributed by atoms with E-state index in [9.17, 15) is 4.79 Å². The van der Waals surface area contributed by atoms with Crippen LogP contribution in [0.3, 0.4) is 0 Å². The summed E-state index contributed by atoms with van der Waals surface area (Å²) in [5, 5.41) is 0. The molecule has 0 bridgehead atoms. The maximum Gasteiger partial charge on any atom is 0.227 e. The first-order valence-electron chi connectivity index (χ1n) is 11.8. The van der Waals surface area contributed by atoms with Crippen molar-refractivity contribution in [1.29, 1.82) is 0 Å². The number of anilines is 1. The number of amides is 1. The van der Waals surface area contributed by atoms with E-state index in [1.807, 2.05) is 26.8 Å². The largest absolute Gasteiger partial charge is 0.497 e. The average molecular weight is 436 g/mol. The van der Waals surface area contributed by atoms with Crippen molar-refractivity contribution in [3.8, 4) is 5.75 Å². The van der Waals surface area contributed by atoms with Crippen molar-refractivity contribution in [2.75, 3.05) is 57.8 Å². The lowest BCUT2D eigenvalue weighted by Crippen LogP contribution is -2.48. The zero-order chi connectivity index (χ0) is 22.7. The van der Waals surface area contributed by atoms with Crippen molar-refractivity contribution in [2.24, 2.45) is 11.3 Å². The molecule has 0 saturated carbocycles. The molecule has 5 heteroatoms. The van der Waals surface area contributed by atoms with Crippen LogP contribution in [0.5, 0.6) is 5.75 Å². The van der Waals surface area contributed by atoms with Crippen molar-refractivity contribution < 1.29 is 9.53 Å². The van der Waals surface area contributed by atoms with E-state index in [4.69, 9.17) is 4.74 Å². The molecule has 2 aliphatic heterocycles. The van der Waals surface area contributed by atoms with Crippen LogP contribution in [0.2, 0.25) is 0 Å². The van der Waals surface area contributed by atoms with Crippen molar-refractivity contribution in [2.45, 2.75) is 26.7 Å². The fourth-order valence-electron chi connectivity index (χ4n) is 5.11. The monoisotopic (exact) mass is 435 g/mol. The minimum Gasteiger partial charge on any atom is -0.497 e. The first-order chi connectivity index (χ1) is 15.3. The minimum atomic E-state index is -0.352. The summed E-state index contributed by atoms with van der Waals surface area (Å²) in [6.07, 6.45) is 0. The van der Waals surface area contributed by atoms with Crippen LogP contribution >= 0.6 is 0 Å². The lowest BCUT2D eigenvalue weighted by molar-refractivity contribution is -0.138. The number of hydrogen-bond acceptors (Lipinski definition) is 4. The second-order valence-corrected chi connectivity index (χ2v) is 10.2. The van der Waals surface area contributed by atoms with Gasteiger partial charge >= 0.3 is 0 Å². The van der Waals surface area contributed by atoms with Crippen LogP contribution in [0.4, 0.5) is 5.69 Å². The molecule has 4 rings (SSSR count). The number of ether oxygens (including phenoxy) is 1. The molecule has 2 fully saturated rings. The minimum absolute atomic E-state index is 0.252. The molecule has 2 saturated heterocycles. The molecule has 2 atom stereocenters. The molecule has 0 N–H and O–H groups in total. The Bertz CT molecular complexity index is 901. The van der Waals surface area contributed by atoms with Crippen LogP contribution in [0.15, 0.2) is 54.6 Å². The molecule has 5 nitrogen and oxygen atoms in total. The SMILES string of the molecule is COc1cccc(C2CN(C(=O)C(C)(C)C)CC2CN2CCN(c3ccccc3)CC2)c1. The fraction of sp³-hybridized carbons (Fsp3) is 0.519. The van der Waals surface area contributed by atoms with Crippen LogP contribution < -0.4 is 9.64 Å². The molecular weight excluding hydrogens is 398 g/mol. The second kappa shape index (κ2) is 9.53.